The van der Waals surface area contributed by atoms with Gasteiger partial charge in [-0.2, -0.15) is 0 Å². The standard InChI is InChI=1S/C23H28N2O2S/c1-3-24(23(27)17-8-6-9-17)15-21(26)25-13-11-20-19(12-14-28-20)22(25)18-10-5-4-7-16(18)2/h4-5,7,10,12,14,17,22H,3,6,8-9,11,13,15H2,1-2H3. The second kappa shape index (κ2) is 8.08. The summed E-state index contributed by atoms with van der Waals surface area (Å²) >= 11 is 1.78. The number of rotatable bonds is 5. The first-order valence-corrected chi connectivity index (χ1v) is 11.2. The van der Waals surface area contributed by atoms with Crippen LogP contribution in [0.3, 0.4) is 0 Å². The molecule has 0 radical (unpaired) electrons. The Kier molecular flexibility index (Phi) is 5.54. The van der Waals surface area contributed by atoms with E-state index in [0.29, 0.717) is 13.1 Å². The molecule has 1 aliphatic carbocycles. The minimum atomic E-state index is -0.0544. The molecule has 2 aliphatic rings. The lowest BCUT2D eigenvalue weighted by Crippen LogP contribution is -2.48. The molecule has 1 aliphatic heterocycles. The highest BCUT2D eigenvalue weighted by Gasteiger charge is 2.35. The maximum atomic E-state index is 13.4. The highest BCUT2D eigenvalue weighted by atomic mass is 32.1. The molecule has 148 valence electrons. The molecular formula is C23H28N2O2S. The van der Waals surface area contributed by atoms with Crippen molar-refractivity contribution in [3.8, 4) is 0 Å². The third kappa shape index (κ3) is 3.48. The van der Waals surface area contributed by atoms with Crippen LogP contribution in [0.4, 0.5) is 0 Å². The number of aryl methyl sites for hydroxylation is 1. The second-order valence-electron chi connectivity index (χ2n) is 7.88. The van der Waals surface area contributed by atoms with E-state index in [2.05, 4.69) is 30.5 Å². The number of fused-ring (bicyclic) bond motifs is 1. The lowest BCUT2D eigenvalue weighted by atomic mass is 9.84. The van der Waals surface area contributed by atoms with Crippen molar-refractivity contribution < 1.29 is 9.59 Å². The number of hydrogen-bond acceptors (Lipinski definition) is 3. The van der Waals surface area contributed by atoms with Crippen LogP contribution in [-0.2, 0) is 16.0 Å². The van der Waals surface area contributed by atoms with Crippen LogP contribution in [0.1, 0.15) is 53.8 Å². The Balaban J connectivity index is 1.60. The van der Waals surface area contributed by atoms with Gasteiger partial charge in [-0.25, -0.2) is 0 Å². The first kappa shape index (κ1) is 19.2. The summed E-state index contributed by atoms with van der Waals surface area (Å²) in [6.07, 6.45) is 3.96. The van der Waals surface area contributed by atoms with E-state index in [9.17, 15) is 9.59 Å². The molecule has 1 fully saturated rings. The highest BCUT2D eigenvalue weighted by molar-refractivity contribution is 7.10. The Morgan fingerprint density at radius 1 is 1.18 bits per heavy atom. The second-order valence-corrected chi connectivity index (χ2v) is 8.88. The molecule has 0 bridgehead atoms. The number of likely N-dealkylation sites (N-methyl/N-ethyl adjacent to an activating group) is 1. The van der Waals surface area contributed by atoms with Gasteiger partial charge in [0.25, 0.3) is 0 Å². The fourth-order valence-electron chi connectivity index (χ4n) is 4.33. The van der Waals surface area contributed by atoms with Gasteiger partial charge >= 0.3 is 0 Å². The summed E-state index contributed by atoms with van der Waals surface area (Å²) in [5.74, 6) is 0.340. The summed E-state index contributed by atoms with van der Waals surface area (Å²) < 4.78 is 0. The third-order valence-corrected chi connectivity index (χ3v) is 7.24. The number of thiophene rings is 1. The first-order chi connectivity index (χ1) is 13.6. The molecule has 1 aromatic heterocycles. The minimum absolute atomic E-state index is 0.0544. The summed E-state index contributed by atoms with van der Waals surface area (Å²) in [6.45, 7) is 5.56. The molecule has 2 aromatic rings. The van der Waals surface area contributed by atoms with Gasteiger partial charge in [0.2, 0.25) is 11.8 Å². The normalized spacial score (nSPS) is 19.1. The lowest BCUT2D eigenvalue weighted by molar-refractivity contribution is -0.145. The van der Waals surface area contributed by atoms with E-state index in [1.54, 1.807) is 16.2 Å². The molecule has 28 heavy (non-hydrogen) atoms. The van der Waals surface area contributed by atoms with Gasteiger partial charge in [-0.05, 0) is 61.2 Å². The van der Waals surface area contributed by atoms with Gasteiger partial charge < -0.3 is 9.80 Å². The van der Waals surface area contributed by atoms with E-state index in [4.69, 9.17) is 0 Å². The quantitative estimate of drug-likeness (QED) is 0.761. The zero-order valence-electron chi connectivity index (χ0n) is 16.7. The minimum Gasteiger partial charge on any atom is -0.333 e. The number of hydrogen-bond donors (Lipinski definition) is 0. The molecule has 1 saturated carbocycles. The van der Waals surface area contributed by atoms with Gasteiger partial charge in [0.15, 0.2) is 0 Å². The van der Waals surface area contributed by atoms with Crippen LogP contribution in [-0.4, -0.2) is 41.2 Å². The van der Waals surface area contributed by atoms with Crippen molar-refractivity contribution in [2.24, 2.45) is 5.92 Å². The maximum Gasteiger partial charge on any atom is 0.242 e. The molecule has 2 heterocycles. The molecular weight excluding hydrogens is 368 g/mol. The predicted octanol–water partition coefficient (Wildman–Crippen LogP) is 4.18. The Labute approximate surface area is 171 Å². The molecule has 4 rings (SSSR count). The SMILES string of the molecule is CCN(CC(=O)N1CCc2sccc2C1c1ccccc1C)C(=O)C1CCC1. The van der Waals surface area contributed by atoms with Crippen LogP contribution >= 0.6 is 11.3 Å². The lowest BCUT2D eigenvalue weighted by Gasteiger charge is -2.39. The molecule has 1 aromatic carbocycles. The monoisotopic (exact) mass is 396 g/mol. The number of carbonyl (C=O) groups excluding carboxylic acids is 2. The van der Waals surface area contributed by atoms with Crippen molar-refractivity contribution >= 4 is 23.2 Å². The summed E-state index contributed by atoms with van der Waals surface area (Å²) in [5, 5.41) is 2.13. The fraction of sp³-hybridized carbons (Fsp3) is 0.478. The van der Waals surface area contributed by atoms with E-state index < -0.39 is 0 Å². The van der Waals surface area contributed by atoms with Crippen LogP contribution in [0.5, 0.6) is 0 Å². The summed E-state index contributed by atoms with van der Waals surface area (Å²) in [5.41, 5.74) is 3.62. The van der Waals surface area contributed by atoms with Crippen LogP contribution in [0.2, 0.25) is 0 Å². The number of benzene rings is 1. The van der Waals surface area contributed by atoms with E-state index in [-0.39, 0.29) is 30.3 Å². The molecule has 0 saturated heterocycles. The van der Waals surface area contributed by atoms with Crippen LogP contribution in [0.25, 0.3) is 0 Å². The summed E-state index contributed by atoms with van der Waals surface area (Å²) in [7, 11) is 0. The highest BCUT2D eigenvalue weighted by Crippen LogP contribution is 2.39. The predicted molar refractivity (Wildman–Crippen MR) is 112 cm³/mol. The van der Waals surface area contributed by atoms with Gasteiger partial charge in [0, 0.05) is 23.9 Å². The van der Waals surface area contributed by atoms with Gasteiger partial charge in [0.05, 0.1) is 12.6 Å². The molecule has 2 amide bonds. The van der Waals surface area contributed by atoms with Crippen LogP contribution < -0.4 is 0 Å². The molecule has 4 nitrogen and oxygen atoms in total. The average Bonchev–Trinajstić information content (AvgIpc) is 3.13. The zero-order valence-corrected chi connectivity index (χ0v) is 17.5. The topological polar surface area (TPSA) is 40.6 Å². The van der Waals surface area contributed by atoms with Gasteiger partial charge in [-0.3, -0.25) is 9.59 Å². The Morgan fingerprint density at radius 2 is 1.96 bits per heavy atom. The van der Waals surface area contributed by atoms with E-state index in [1.807, 2.05) is 24.0 Å². The summed E-state index contributed by atoms with van der Waals surface area (Å²) in [4.78, 5) is 31.2. The zero-order chi connectivity index (χ0) is 19.7. The van der Waals surface area contributed by atoms with Crippen molar-refractivity contribution in [3.63, 3.8) is 0 Å². The van der Waals surface area contributed by atoms with Crippen LogP contribution in [0.15, 0.2) is 35.7 Å². The van der Waals surface area contributed by atoms with Crippen molar-refractivity contribution in [2.45, 2.75) is 45.6 Å². The number of nitrogens with zero attached hydrogens (tertiary/aromatic N) is 2. The maximum absolute atomic E-state index is 13.4. The van der Waals surface area contributed by atoms with Crippen molar-refractivity contribution in [1.29, 1.82) is 0 Å². The Morgan fingerprint density at radius 3 is 2.64 bits per heavy atom. The van der Waals surface area contributed by atoms with Gasteiger partial charge in [0.1, 0.15) is 0 Å². The largest absolute Gasteiger partial charge is 0.333 e. The van der Waals surface area contributed by atoms with Crippen LogP contribution in [0, 0.1) is 12.8 Å². The molecule has 1 unspecified atom stereocenters. The van der Waals surface area contributed by atoms with E-state index >= 15 is 0 Å². The first-order valence-electron chi connectivity index (χ1n) is 10.3. The van der Waals surface area contributed by atoms with E-state index in [1.165, 1.54) is 21.6 Å². The van der Waals surface area contributed by atoms with Crippen molar-refractivity contribution in [1.82, 2.24) is 9.80 Å². The van der Waals surface area contributed by atoms with E-state index in [0.717, 1.165) is 25.7 Å². The third-order valence-electron chi connectivity index (χ3n) is 6.24. The van der Waals surface area contributed by atoms with Gasteiger partial charge in [-0.15, -0.1) is 11.3 Å². The Bertz CT molecular complexity index is 871. The molecule has 0 spiro atoms. The Hall–Kier alpha value is -2.14. The fourth-order valence-corrected chi connectivity index (χ4v) is 5.23. The van der Waals surface area contributed by atoms with Crippen molar-refractivity contribution in [3.05, 3.63) is 57.3 Å². The van der Waals surface area contributed by atoms with Gasteiger partial charge in [-0.1, -0.05) is 30.7 Å². The number of amides is 2. The number of carbonyl (C=O) groups is 2. The molecule has 5 heteroatoms. The molecule has 0 N–H and O–H groups in total. The average molecular weight is 397 g/mol. The molecule has 1 atom stereocenters. The summed E-state index contributed by atoms with van der Waals surface area (Å²) in [6, 6.07) is 10.4. The smallest absolute Gasteiger partial charge is 0.242 e. The van der Waals surface area contributed by atoms with Crippen molar-refractivity contribution in [2.75, 3.05) is 19.6 Å².